The van der Waals surface area contributed by atoms with Crippen molar-refractivity contribution in [2.75, 3.05) is 23.8 Å². The zero-order chi connectivity index (χ0) is 27.8. The van der Waals surface area contributed by atoms with Gasteiger partial charge >= 0.3 is 0 Å². The molecule has 2 N–H and O–H groups in total. The van der Waals surface area contributed by atoms with E-state index in [9.17, 15) is 14.4 Å². The van der Waals surface area contributed by atoms with Crippen LogP contribution in [0.5, 0.6) is 5.75 Å². The molecule has 40 heavy (non-hydrogen) atoms. The van der Waals surface area contributed by atoms with Gasteiger partial charge in [0.25, 0.3) is 5.91 Å². The summed E-state index contributed by atoms with van der Waals surface area (Å²) in [6.07, 6.45) is 3.13. The highest BCUT2D eigenvalue weighted by atomic mass is 35.5. The molecule has 0 aliphatic carbocycles. The van der Waals surface area contributed by atoms with Gasteiger partial charge in [-0.05, 0) is 61.7 Å². The van der Waals surface area contributed by atoms with Gasteiger partial charge in [0.05, 0.1) is 16.6 Å². The largest absolute Gasteiger partial charge is 0.490 e. The molecule has 4 atom stereocenters. The van der Waals surface area contributed by atoms with E-state index in [1.54, 1.807) is 30.3 Å². The summed E-state index contributed by atoms with van der Waals surface area (Å²) in [7, 11) is 0. The summed E-state index contributed by atoms with van der Waals surface area (Å²) >= 11 is 6.71. The van der Waals surface area contributed by atoms with Crippen LogP contribution in [0.4, 0.5) is 11.4 Å². The molecule has 2 spiro atoms. The topological polar surface area (TPSA) is 87.7 Å². The summed E-state index contributed by atoms with van der Waals surface area (Å²) in [5.41, 5.74) is 0.781. The Morgan fingerprint density at radius 3 is 2.75 bits per heavy atom. The molecule has 2 fully saturated rings. The Bertz CT molecular complexity index is 1640. The van der Waals surface area contributed by atoms with E-state index in [0.717, 1.165) is 12.0 Å². The molecule has 0 saturated carbocycles. The highest BCUT2D eigenvalue weighted by molar-refractivity contribution is 6.35. The van der Waals surface area contributed by atoms with Crippen molar-refractivity contribution in [2.45, 2.75) is 36.8 Å². The van der Waals surface area contributed by atoms with Crippen molar-refractivity contribution in [1.29, 1.82) is 0 Å². The zero-order valence-corrected chi connectivity index (χ0v) is 22.8. The minimum atomic E-state index is -1.52. The molecule has 202 valence electrons. The van der Waals surface area contributed by atoms with E-state index < -0.39 is 16.9 Å². The van der Waals surface area contributed by atoms with Gasteiger partial charge in [-0.2, -0.15) is 0 Å². The van der Waals surface area contributed by atoms with E-state index in [1.165, 1.54) is 0 Å². The SMILES string of the molecule is C=CCOc1cccc(C(=O)[C@@H]2[C@@H]3CCCN3[C@]3(C(=O)Nc4c(Cl)cc(C)cc43)[C@]23C(=O)Nc2ccccc23)c1. The van der Waals surface area contributed by atoms with Crippen molar-refractivity contribution in [3.05, 3.63) is 101 Å². The predicted octanol–water partition coefficient (Wildman–Crippen LogP) is 5.23. The van der Waals surface area contributed by atoms with E-state index in [-0.39, 0.29) is 23.6 Å². The number of nitrogens with zero attached hydrogens (tertiary/aromatic N) is 1. The van der Waals surface area contributed by atoms with Crippen LogP contribution in [-0.4, -0.2) is 41.7 Å². The number of amides is 2. The summed E-state index contributed by atoms with van der Waals surface area (Å²) < 4.78 is 5.73. The Hall–Kier alpha value is -3.94. The number of carbonyl (C=O) groups excluding carboxylic acids is 3. The minimum Gasteiger partial charge on any atom is -0.490 e. The Labute approximate surface area is 237 Å². The third-order valence-corrected chi connectivity index (χ3v) is 9.37. The van der Waals surface area contributed by atoms with Crippen LogP contribution in [0.15, 0.2) is 73.3 Å². The van der Waals surface area contributed by atoms with Gasteiger partial charge in [-0.15, -0.1) is 0 Å². The second kappa shape index (κ2) is 8.78. The lowest BCUT2D eigenvalue weighted by Gasteiger charge is -2.43. The first-order valence-corrected chi connectivity index (χ1v) is 13.9. The summed E-state index contributed by atoms with van der Waals surface area (Å²) in [4.78, 5) is 46.0. The Kier molecular flexibility index (Phi) is 5.50. The van der Waals surface area contributed by atoms with Gasteiger partial charge in [0.15, 0.2) is 5.78 Å². The second-order valence-electron chi connectivity index (χ2n) is 11.0. The lowest BCUT2D eigenvalue weighted by Crippen LogP contribution is -2.62. The molecule has 3 aromatic rings. The predicted molar refractivity (Wildman–Crippen MR) is 153 cm³/mol. The van der Waals surface area contributed by atoms with Crippen LogP contribution >= 0.6 is 11.6 Å². The number of ether oxygens (including phenoxy) is 1. The number of anilines is 2. The van der Waals surface area contributed by atoms with E-state index in [0.29, 0.717) is 58.4 Å². The van der Waals surface area contributed by atoms with Crippen LogP contribution in [0.3, 0.4) is 0 Å². The number of hydrogen-bond acceptors (Lipinski definition) is 5. The summed E-state index contributed by atoms with van der Waals surface area (Å²) in [6, 6.07) is 17.9. The first kappa shape index (κ1) is 25.1. The summed E-state index contributed by atoms with van der Waals surface area (Å²) in [5.74, 6) is -1.15. The maximum atomic E-state index is 14.8. The third kappa shape index (κ3) is 2.96. The van der Waals surface area contributed by atoms with Gasteiger partial charge in [0.1, 0.15) is 23.3 Å². The van der Waals surface area contributed by atoms with Crippen LogP contribution in [0, 0.1) is 12.8 Å². The van der Waals surface area contributed by atoms with E-state index in [4.69, 9.17) is 16.3 Å². The smallest absolute Gasteiger partial charge is 0.251 e. The Morgan fingerprint density at radius 1 is 1.10 bits per heavy atom. The van der Waals surface area contributed by atoms with Gasteiger partial charge in [-0.25, -0.2) is 0 Å². The second-order valence-corrected chi connectivity index (χ2v) is 11.4. The summed E-state index contributed by atoms with van der Waals surface area (Å²) in [6.45, 7) is 6.50. The van der Waals surface area contributed by atoms with Gasteiger partial charge in [-0.3, -0.25) is 19.3 Å². The Morgan fingerprint density at radius 2 is 1.93 bits per heavy atom. The number of fused-ring (bicyclic) bond motifs is 7. The van der Waals surface area contributed by atoms with Crippen molar-refractivity contribution in [3.8, 4) is 5.75 Å². The van der Waals surface area contributed by atoms with Crippen molar-refractivity contribution >= 4 is 40.6 Å². The number of hydrogen-bond donors (Lipinski definition) is 2. The average molecular weight is 554 g/mol. The molecule has 0 bridgehead atoms. The molecule has 4 aliphatic rings. The molecule has 0 aromatic heterocycles. The normalized spacial score (nSPS) is 27.9. The maximum absolute atomic E-state index is 14.8. The molecular formula is C32H28ClN3O4. The lowest BCUT2D eigenvalue weighted by atomic mass is 9.57. The van der Waals surface area contributed by atoms with E-state index >= 15 is 0 Å². The van der Waals surface area contributed by atoms with Crippen LogP contribution in [0.2, 0.25) is 5.02 Å². The molecule has 0 unspecified atom stereocenters. The molecule has 2 saturated heterocycles. The van der Waals surface area contributed by atoms with Gasteiger partial charge < -0.3 is 15.4 Å². The van der Waals surface area contributed by atoms with Gasteiger partial charge in [0.2, 0.25) is 5.91 Å². The number of carbonyl (C=O) groups is 3. The fourth-order valence-corrected chi connectivity index (χ4v) is 8.17. The van der Waals surface area contributed by atoms with Crippen molar-refractivity contribution in [1.82, 2.24) is 4.90 Å². The number of nitrogens with one attached hydrogen (secondary N) is 2. The minimum absolute atomic E-state index is 0.190. The highest BCUT2D eigenvalue weighted by Gasteiger charge is 2.81. The van der Waals surface area contributed by atoms with Crippen molar-refractivity contribution in [3.63, 3.8) is 0 Å². The Balaban J connectivity index is 1.54. The number of para-hydroxylation sites is 1. The third-order valence-electron chi connectivity index (χ3n) is 9.07. The molecule has 7 nitrogen and oxygen atoms in total. The zero-order valence-electron chi connectivity index (χ0n) is 22.0. The molecule has 3 aromatic carbocycles. The number of Topliss-reactive ketones (excluding diaryl/α,β-unsaturated/α-hetero) is 1. The van der Waals surface area contributed by atoms with Crippen LogP contribution in [0.25, 0.3) is 0 Å². The first-order valence-electron chi connectivity index (χ1n) is 13.5. The van der Waals surface area contributed by atoms with Crippen LogP contribution in [0.1, 0.15) is 39.9 Å². The number of benzene rings is 3. The monoisotopic (exact) mass is 553 g/mol. The quantitative estimate of drug-likeness (QED) is 0.334. The molecule has 7 rings (SSSR count). The number of halogens is 1. The standard InChI is InChI=1S/C32H28ClN3O4/c1-3-14-40-20-9-6-8-19(17-20)28(37)26-25-12-7-13-36(25)32(22-15-18(2)16-23(33)27(22)35-30(32)39)31(26)21-10-4-5-11-24(21)34-29(31)38/h3-6,8-11,15-17,25-26H,1,7,12-14H2,2H3,(H,34,38)(H,35,39)/t25-,26-,31-,32+/m0/s1. The lowest BCUT2D eigenvalue weighted by molar-refractivity contribution is -0.137. The van der Waals surface area contributed by atoms with Crippen molar-refractivity contribution < 1.29 is 19.1 Å². The molecule has 8 heteroatoms. The first-order chi connectivity index (χ1) is 19.3. The van der Waals surface area contributed by atoms with E-state index in [1.807, 2.05) is 43.3 Å². The van der Waals surface area contributed by atoms with Gasteiger partial charge in [0, 0.05) is 22.9 Å². The number of aryl methyl sites for hydroxylation is 1. The molecule has 4 heterocycles. The van der Waals surface area contributed by atoms with Crippen LogP contribution in [-0.2, 0) is 20.5 Å². The van der Waals surface area contributed by atoms with Crippen LogP contribution < -0.4 is 15.4 Å². The van der Waals surface area contributed by atoms with Gasteiger partial charge in [-0.1, -0.05) is 60.7 Å². The molecular weight excluding hydrogens is 526 g/mol. The molecule has 0 radical (unpaired) electrons. The average Bonchev–Trinajstić information content (AvgIpc) is 3.66. The number of ketones is 1. The highest BCUT2D eigenvalue weighted by Crippen LogP contribution is 2.68. The fraction of sp³-hybridized carbons (Fsp3) is 0.281. The molecule has 4 aliphatic heterocycles. The number of rotatable bonds is 5. The fourth-order valence-electron chi connectivity index (χ4n) is 7.85. The molecule has 2 amide bonds. The maximum Gasteiger partial charge on any atom is 0.251 e. The van der Waals surface area contributed by atoms with Crippen molar-refractivity contribution in [2.24, 2.45) is 5.92 Å². The van der Waals surface area contributed by atoms with E-state index in [2.05, 4.69) is 22.1 Å². The summed E-state index contributed by atoms with van der Waals surface area (Å²) in [5, 5.41) is 6.52.